The van der Waals surface area contributed by atoms with Crippen molar-refractivity contribution < 1.29 is 15.0 Å². The predicted molar refractivity (Wildman–Crippen MR) is 87.6 cm³/mol. The highest BCUT2D eigenvalue weighted by atomic mass is 16.4. The number of aliphatic carboxylic acids is 1. The Morgan fingerprint density at radius 3 is 2.35 bits per heavy atom. The standard InChI is InChI=1S/C20H20O3/c21-13-19(9-10-19)16-8-4-5-14(11-16)17-12-20(17,18(22)23)15-6-2-1-3-7-15/h1-8,11,17,21H,9-10,12-13H2,(H,22,23). The lowest BCUT2D eigenvalue weighted by Crippen LogP contribution is -2.22. The van der Waals surface area contributed by atoms with Gasteiger partial charge in [-0.25, -0.2) is 0 Å². The Morgan fingerprint density at radius 2 is 1.74 bits per heavy atom. The smallest absolute Gasteiger partial charge is 0.314 e. The molecule has 0 spiro atoms. The first-order valence-corrected chi connectivity index (χ1v) is 8.13. The zero-order valence-corrected chi connectivity index (χ0v) is 12.9. The van der Waals surface area contributed by atoms with Crippen LogP contribution >= 0.6 is 0 Å². The van der Waals surface area contributed by atoms with E-state index in [0.29, 0.717) is 6.42 Å². The van der Waals surface area contributed by atoms with E-state index in [1.54, 1.807) is 0 Å². The van der Waals surface area contributed by atoms with E-state index < -0.39 is 11.4 Å². The largest absolute Gasteiger partial charge is 0.481 e. The van der Waals surface area contributed by atoms with Crippen LogP contribution in [-0.4, -0.2) is 22.8 Å². The summed E-state index contributed by atoms with van der Waals surface area (Å²) in [4.78, 5) is 12.0. The molecule has 4 rings (SSSR count). The van der Waals surface area contributed by atoms with E-state index in [2.05, 4.69) is 12.1 Å². The average molecular weight is 308 g/mol. The third-order valence-corrected chi connectivity index (χ3v) is 5.69. The van der Waals surface area contributed by atoms with Gasteiger partial charge in [-0.2, -0.15) is 0 Å². The van der Waals surface area contributed by atoms with Crippen molar-refractivity contribution >= 4 is 5.97 Å². The molecule has 2 aliphatic rings. The van der Waals surface area contributed by atoms with Gasteiger partial charge in [0.15, 0.2) is 0 Å². The Morgan fingerprint density at radius 1 is 1.04 bits per heavy atom. The van der Waals surface area contributed by atoms with Crippen molar-refractivity contribution in [3.8, 4) is 0 Å². The first kappa shape index (κ1) is 14.5. The van der Waals surface area contributed by atoms with Gasteiger partial charge < -0.3 is 10.2 Å². The van der Waals surface area contributed by atoms with Crippen LogP contribution in [0.4, 0.5) is 0 Å². The van der Waals surface area contributed by atoms with E-state index in [1.807, 2.05) is 42.5 Å². The van der Waals surface area contributed by atoms with Gasteiger partial charge in [0.1, 0.15) is 5.41 Å². The molecule has 2 N–H and O–H groups in total. The first-order valence-electron chi connectivity index (χ1n) is 8.13. The average Bonchev–Trinajstić information content (AvgIpc) is 3.49. The fourth-order valence-electron chi connectivity index (χ4n) is 3.85. The zero-order chi connectivity index (χ0) is 16.1. The third-order valence-electron chi connectivity index (χ3n) is 5.69. The number of benzene rings is 2. The molecule has 2 atom stereocenters. The molecule has 23 heavy (non-hydrogen) atoms. The van der Waals surface area contributed by atoms with Gasteiger partial charge in [0.2, 0.25) is 0 Å². The summed E-state index contributed by atoms with van der Waals surface area (Å²) in [5.74, 6) is -0.737. The van der Waals surface area contributed by atoms with Gasteiger partial charge in [0.05, 0.1) is 6.61 Å². The van der Waals surface area contributed by atoms with Crippen LogP contribution in [0.3, 0.4) is 0 Å². The molecule has 118 valence electrons. The van der Waals surface area contributed by atoms with Gasteiger partial charge in [-0.05, 0) is 36.0 Å². The molecule has 0 bridgehead atoms. The fourth-order valence-corrected chi connectivity index (χ4v) is 3.85. The van der Waals surface area contributed by atoms with Crippen molar-refractivity contribution in [3.05, 3.63) is 71.3 Å². The molecule has 2 aromatic rings. The Bertz CT molecular complexity index is 748. The van der Waals surface area contributed by atoms with Crippen molar-refractivity contribution in [2.75, 3.05) is 6.61 Å². The van der Waals surface area contributed by atoms with E-state index in [9.17, 15) is 15.0 Å². The normalized spacial score (nSPS) is 27.4. The number of aliphatic hydroxyl groups is 1. The minimum absolute atomic E-state index is 0.0110. The summed E-state index contributed by atoms with van der Waals surface area (Å²) in [5, 5.41) is 19.5. The summed E-state index contributed by atoms with van der Waals surface area (Å²) in [5.41, 5.74) is 2.23. The highest BCUT2D eigenvalue weighted by Gasteiger charge is 2.62. The molecule has 3 nitrogen and oxygen atoms in total. The lowest BCUT2D eigenvalue weighted by Gasteiger charge is -2.16. The second kappa shape index (κ2) is 4.93. The molecule has 0 aromatic heterocycles. The van der Waals surface area contributed by atoms with E-state index in [4.69, 9.17) is 0 Å². The quantitative estimate of drug-likeness (QED) is 0.891. The van der Waals surface area contributed by atoms with Crippen molar-refractivity contribution in [3.63, 3.8) is 0 Å². The molecule has 2 aliphatic carbocycles. The highest BCUT2D eigenvalue weighted by molar-refractivity contribution is 5.87. The maximum Gasteiger partial charge on any atom is 0.314 e. The Labute approximate surface area is 135 Å². The number of hydrogen-bond donors (Lipinski definition) is 2. The van der Waals surface area contributed by atoms with E-state index >= 15 is 0 Å². The molecule has 0 aliphatic heterocycles. The zero-order valence-electron chi connectivity index (χ0n) is 12.9. The summed E-state index contributed by atoms with van der Waals surface area (Å²) < 4.78 is 0. The number of carboxylic acids is 1. The monoisotopic (exact) mass is 308 g/mol. The van der Waals surface area contributed by atoms with Crippen molar-refractivity contribution in [2.24, 2.45) is 0 Å². The number of hydrogen-bond acceptors (Lipinski definition) is 2. The van der Waals surface area contributed by atoms with E-state index in [1.165, 1.54) is 0 Å². The predicted octanol–water partition coefficient (Wildman–Crippen LogP) is 3.22. The van der Waals surface area contributed by atoms with Crippen LogP contribution in [0.5, 0.6) is 0 Å². The second-order valence-electron chi connectivity index (χ2n) is 6.96. The molecule has 2 fully saturated rings. The molecule has 0 radical (unpaired) electrons. The van der Waals surface area contributed by atoms with Crippen molar-refractivity contribution in [2.45, 2.75) is 36.0 Å². The van der Waals surface area contributed by atoms with E-state index in [0.717, 1.165) is 29.5 Å². The second-order valence-corrected chi connectivity index (χ2v) is 6.96. The number of rotatable bonds is 5. The van der Waals surface area contributed by atoms with E-state index in [-0.39, 0.29) is 17.9 Å². The fraction of sp³-hybridized carbons (Fsp3) is 0.350. The number of aliphatic hydroxyl groups excluding tert-OH is 1. The van der Waals surface area contributed by atoms with Crippen LogP contribution in [0, 0.1) is 0 Å². The number of carbonyl (C=O) groups is 1. The molecular weight excluding hydrogens is 288 g/mol. The molecular formula is C20H20O3. The number of carboxylic acid groups (broad SMARTS) is 1. The van der Waals surface area contributed by atoms with Crippen molar-refractivity contribution in [1.29, 1.82) is 0 Å². The molecule has 2 unspecified atom stereocenters. The Hall–Kier alpha value is -2.13. The third kappa shape index (κ3) is 2.11. The lowest BCUT2D eigenvalue weighted by atomic mass is 9.88. The van der Waals surface area contributed by atoms with Gasteiger partial charge in [-0.15, -0.1) is 0 Å². The first-order chi connectivity index (χ1) is 11.1. The van der Waals surface area contributed by atoms with Crippen molar-refractivity contribution in [1.82, 2.24) is 0 Å². The summed E-state index contributed by atoms with van der Waals surface area (Å²) in [6.45, 7) is 0.171. The molecule has 2 aromatic carbocycles. The Balaban J connectivity index is 1.70. The van der Waals surface area contributed by atoms with Crippen LogP contribution in [0.15, 0.2) is 54.6 Å². The molecule has 0 amide bonds. The summed E-state index contributed by atoms with van der Waals surface area (Å²) in [6, 6.07) is 17.7. The SMILES string of the molecule is O=C(O)C1(c2ccccc2)CC1c1cccc(C2(CO)CC2)c1. The maximum atomic E-state index is 12.0. The molecule has 3 heteroatoms. The summed E-state index contributed by atoms with van der Waals surface area (Å²) in [7, 11) is 0. The molecule has 2 saturated carbocycles. The van der Waals surface area contributed by atoms with Gasteiger partial charge >= 0.3 is 5.97 Å². The molecule has 0 saturated heterocycles. The van der Waals surface area contributed by atoms with Crippen LogP contribution in [0.25, 0.3) is 0 Å². The topological polar surface area (TPSA) is 57.5 Å². The lowest BCUT2D eigenvalue weighted by molar-refractivity contribution is -0.140. The van der Waals surface area contributed by atoms with Gasteiger partial charge in [0, 0.05) is 11.3 Å². The summed E-state index contributed by atoms with van der Waals surface area (Å²) >= 11 is 0. The van der Waals surface area contributed by atoms with Crippen LogP contribution < -0.4 is 0 Å². The summed E-state index contributed by atoms with van der Waals surface area (Å²) in [6.07, 6.45) is 2.67. The Kier molecular flexibility index (Phi) is 3.10. The molecule has 0 heterocycles. The maximum absolute atomic E-state index is 12.0. The van der Waals surface area contributed by atoms with Gasteiger partial charge in [-0.1, -0.05) is 54.6 Å². The van der Waals surface area contributed by atoms with Gasteiger partial charge in [-0.3, -0.25) is 4.79 Å². The van der Waals surface area contributed by atoms with Crippen LogP contribution in [0.2, 0.25) is 0 Å². The highest BCUT2D eigenvalue weighted by Crippen LogP contribution is 2.61. The van der Waals surface area contributed by atoms with Crippen LogP contribution in [0.1, 0.15) is 41.9 Å². The van der Waals surface area contributed by atoms with Gasteiger partial charge in [0.25, 0.3) is 0 Å². The van der Waals surface area contributed by atoms with Crippen LogP contribution in [-0.2, 0) is 15.6 Å². The minimum Gasteiger partial charge on any atom is -0.481 e. The minimum atomic E-state index is -0.796.